The zero-order valence-corrected chi connectivity index (χ0v) is 9.15. The molecule has 0 radical (unpaired) electrons. The highest BCUT2D eigenvalue weighted by atomic mass is 19.3. The van der Waals surface area contributed by atoms with Crippen molar-refractivity contribution in [3.05, 3.63) is 11.6 Å². The van der Waals surface area contributed by atoms with Crippen molar-refractivity contribution in [2.75, 3.05) is 6.61 Å². The van der Waals surface area contributed by atoms with Crippen LogP contribution in [0.15, 0.2) is 11.6 Å². The molecule has 0 saturated carbocycles. The number of hydrogen-bond donors (Lipinski definition) is 0. The topological polar surface area (TPSA) is 35.5 Å². The second-order valence-corrected chi connectivity index (χ2v) is 4.12. The van der Waals surface area contributed by atoms with Crippen molar-refractivity contribution < 1.29 is 23.0 Å². The highest BCUT2D eigenvalue weighted by Crippen LogP contribution is 2.45. The minimum atomic E-state index is -2.56. The summed E-state index contributed by atoms with van der Waals surface area (Å²) in [5.41, 5.74) is 0.788. The second-order valence-electron chi connectivity index (χ2n) is 4.12. The number of hydrogen-bond acceptors (Lipinski definition) is 3. The van der Waals surface area contributed by atoms with E-state index in [0.717, 1.165) is 5.57 Å². The van der Waals surface area contributed by atoms with Gasteiger partial charge in [0.1, 0.15) is 0 Å². The Morgan fingerprint density at radius 1 is 1.62 bits per heavy atom. The van der Waals surface area contributed by atoms with Crippen molar-refractivity contribution in [3.63, 3.8) is 0 Å². The molecule has 0 N–H and O–H groups in total. The predicted octanol–water partition coefficient (Wildman–Crippen LogP) is 1.77. The van der Waals surface area contributed by atoms with Crippen molar-refractivity contribution in [1.29, 1.82) is 0 Å². The van der Waals surface area contributed by atoms with E-state index in [1.807, 2.05) is 0 Å². The first-order valence-electron chi connectivity index (χ1n) is 5.34. The molecule has 2 bridgehead atoms. The van der Waals surface area contributed by atoms with Crippen LogP contribution in [0.4, 0.5) is 8.78 Å². The summed E-state index contributed by atoms with van der Waals surface area (Å²) in [7, 11) is 0. The van der Waals surface area contributed by atoms with E-state index in [1.165, 1.54) is 0 Å². The minimum absolute atomic E-state index is 0.200. The largest absolute Gasteiger partial charge is 0.466 e. The first kappa shape index (κ1) is 11.5. The Morgan fingerprint density at radius 2 is 2.31 bits per heavy atom. The third kappa shape index (κ3) is 1.63. The Balaban J connectivity index is 2.21. The van der Waals surface area contributed by atoms with Gasteiger partial charge in [0.05, 0.1) is 30.7 Å². The molecule has 0 aromatic carbocycles. The average molecular weight is 232 g/mol. The van der Waals surface area contributed by atoms with Crippen molar-refractivity contribution in [2.45, 2.75) is 32.5 Å². The number of alkyl halides is 2. The molecule has 0 spiro atoms. The maximum absolute atomic E-state index is 12.9. The molecule has 2 heterocycles. The molecule has 2 aliphatic heterocycles. The highest BCUT2D eigenvalue weighted by molar-refractivity contribution is 5.75. The van der Waals surface area contributed by atoms with Gasteiger partial charge in [-0.25, -0.2) is 8.78 Å². The van der Waals surface area contributed by atoms with E-state index in [1.54, 1.807) is 19.9 Å². The normalized spacial score (nSPS) is 36.7. The van der Waals surface area contributed by atoms with Crippen molar-refractivity contribution in [2.24, 2.45) is 11.8 Å². The van der Waals surface area contributed by atoms with Crippen molar-refractivity contribution in [1.82, 2.24) is 0 Å². The molecule has 0 aromatic rings. The molecule has 5 heteroatoms. The van der Waals surface area contributed by atoms with Gasteiger partial charge in [0.2, 0.25) is 6.43 Å². The predicted molar refractivity (Wildman–Crippen MR) is 52.0 cm³/mol. The molecular formula is C11H14F2O3. The van der Waals surface area contributed by atoms with Crippen LogP contribution in [0.1, 0.15) is 13.8 Å². The SMILES string of the molecule is CCOC(=O)[C@@H]1[C@@H](C(F)F)[C@H]2O[C@@H]1C=C2C. The molecule has 0 aromatic heterocycles. The van der Waals surface area contributed by atoms with Crippen LogP contribution in [0.3, 0.4) is 0 Å². The minimum Gasteiger partial charge on any atom is -0.466 e. The summed E-state index contributed by atoms with van der Waals surface area (Å²) >= 11 is 0. The molecule has 90 valence electrons. The third-order valence-corrected chi connectivity index (χ3v) is 3.15. The van der Waals surface area contributed by atoms with Gasteiger partial charge in [-0.3, -0.25) is 4.79 Å². The van der Waals surface area contributed by atoms with Crippen LogP contribution in [0.2, 0.25) is 0 Å². The fourth-order valence-electron chi connectivity index (χ4n) is 2.48. The van der Waals surface area contributed by atoms with Crippen LogP contribution in [0.25, 0.3) is 0 Å². The summed E-state index contributed by atoms with van der Waals surface area (Å²) in [4.78, 5) is 11.6. The zero-order valence-electron chi connectivity index (χ0n) is 9.15. The monoisotopic (exact) mass is 232 g/mol. The van der Waals surface area contributed by atoms with E-state index >= 15 is 0 Å². The van der Waals surface area contributed by atoms with Crippen molar-refractivity contribution >= 4 is 5.97 Å². The Kier molecular flexibility index (Phi) is 2.97. The molecule has 16 heavy (non-hydrogen) atoms. The standard InChI is InChI=1S/C11H14F2O3/c1-3-15-11(14)7-6-4-5(2)9(16-6)8(7)10(12)13/h4,6-10H,3H2,1-2H3/t6-,7+,8-,9+/m1/s1. The Morgan fingerprint density at radius 3 is 2.88 bits per heavy atom. The van der Waals surface area contributed by atoms with Crippen molar-refractivity contribution in [3.8, 4) is 0 Å². The maximum Gasteiger partial charge on any atom is 0.312 e. The summed E-state index contributed by atoms with van der Waals surface area (Å²) in [6.45, 7) is 3.61. The lowest BCUT2D eigenvalue weighted by atomic mass is 9.80. The average Bonchev–Trinajstić information content (AvgIpc) is 2.73. The van der Waals surface area contributed by atoms with Crippen LogP contribution in [0.5, 0.6) is 0 Å². The van der Waals surface area contributed by atoms with Crippen LogP contribution >= 0.6 is 0 Å². The van der Waals surface area contributed by atoms with Gasteiger partial charge in [-0.05, 0) is 19.4 Å². The summed E-state index contributed by atoms with van der Waals surface area (Å²) < 4.78 is 36.0. The van der Waals surface area contributed by atoms with E-state index in [0.29, 0.717) is 0 Å². The van der Waals surface area contributed by atoms with E-state index in [2.05, 4.69) is 0 Å². The summed E-state index contributed by atoms with van der Waals surface area (Å²) in [5, 5.41) is 0. The quantitative estimate of drug-likeness (QED) is 0.549. The van der Waals surface area contributed by atoms with E-state index in [-0.39, 0.29) is 6.61 Å². The number of halogens is 2. The second kappa shape index (κ2) is 4.13. The summed E-state index contributed by atoms with van der Waals surface area (Å²) in [6.07, 6.45) is -1.99. The van der Waals surface area contributed by atoms with Gasteiger partial charge < -0.3 is 9.47 Å². The fraction of sp³-hybridized carbons (Fsp3) is 0.727. The first-order chi connectivity index (χ1) is 7.56. The van der Waals surface area contributed by atoms with E-state index in [9.17, 15) is 13.6 Å². The van der Waals surface area contributed by atoms with Gasteiger partial charge in [0, 0.05) is 0 Å². The summed E-state index contributed by atoms with van der Waals surface area (Å²) in [6, 6.07) is 0. The smallest absolute Gasteiger partial charge is 0.312 e. The zero-order chi connectivity index (χ0) is 11.9. The Hall–Kier alpha value is -0.970. The molecule has 1 saturated heterocycles. The third-order valence-electron chi connectivity index (χ3n) is 3.15. The van der Waals surface area contributed by atoms with Gasteiger partial charge in [-0.1, -0.05) is 6.08 Å². The van der Waals surface area contributed by atoms with Crippen LogP contribution in [0, 0.1) is 11.8 Å². The van der Waals surface area contributed by atoms with Crippen LogP contribution in [-0.4, -0.2) is 31.2 Å². The van der Waals surface area contributed by atoms with Gasteiger partial charge in [0.25, 0.3) is 0 Å². The molecule has 0 aliphatic carbocycles. The van der Waals surface area contributed by atoms with Crippen LogP contribution in [-0.2, 0) is 14.3 Å². The van der Waals surface area contributed by atoms with Gasteiger partial charge >= 0.3 is 5.97 Å². The fourth-order valence-corrected chi connectivity index (χ4v) is 2.48. The number of carbonyl (C=O) groups excluding carboxylic acids is 1. The van der Waals surface area contributed by atoms with E-state index < -0.39 is 36.4 Å². The lowest BCUT2D eigenvalue weighted by Gasteiger charge is -2.24. The number of rotatable bonds is 3. The molecule has 0 unspecified atom stereocenters. The molecule has 2 rings (SSSR count). The summed E-state index contributed by atoms with van der Waals surface area (Å²) in [5.74, 6) is -2.49. The highest BCUT2D eigenvalue weighted by Gasteiger charge is 2.56. The lowest BCUT2D eigenvalue weighted by molar-refractivity contribution is -0.152. The first-order valence-corrected chi connectivity index (χ1v) is 5.34. The number of carbonyl (C=O) groups is 1. The lowest BCUT2D eigenvalue weighted by Crippen LogP contribution is -2.37. The molecule has 2 aliphatic rings. The van der Waals surface area contributed by atoms with Gasteiger partial charge in [-0.2, -0.15) is 0 Å². The van der Waals surface area contributed by atoms with Crippen LogP contribution < -0.4 is 0 Å². The number of fused-ring (bicyclic) bond motifs is 2. The van der Waals surface area contributed by atoms with Gasteiger partial charge in [0.15, 0.2) is 0 Å². The number of esters is 1. The molecule has 1 fully saturated rings. The maximum atomic E-state index is 12.9. The van der Waals surface area contributed by atoms with Gasteiger partial charge in [-0.15, -0.1) is 0 Å². The number of ether oxygens (including phenoxy) is 2. The molecular weight excluding hydrogens is 218 g/mol. The Labute approximate surface area is 92.4 Å². The molecule has 3 nitrogen and oxygen atoms in total. The Bertz CT molecular complexity index is 327. The molecule has 0 amide bonds. The molecule has 4 atom stereocenters. The van der Waals surface area contributed by atoms with E-state index in [4.69, 9.17) is 9.47 Å².